The number of nitrogens with one attached hydrogen (secondary N) is 1. The van der Waals surface area contributed by atoms with Gasteiger partial charge in [0.05, 0.1) is 11.9 Å². The molecule has 2 aromatic carbocycles. The molecule has 0 radical (unpaired) electrons. The first-order valence-corrected chi connectivity index (χ1v) is 8.84. The monoisotopic (exact) mass is 366 g/mol. The Bertz CT molecular complexity index is 892. The minimum absolute atomic E-state index is 0.222. The van der Waals surface area contributed by atoms with E-state index in [-0.39, 0.29) is 11.7 Å². The van der Waals surface area contributed by atoms with Gasteiger partial charge in [0, 0.05) is 18.3 Å². The molecule has 0 bridgehead atoms. The van der Waals surface area contributed by atoms with Gasteiger partial charge >= 0.3 is 0 Å². The predicted octanol–water partition coefficient (Wildman–Crippen LogP) is 2.97. The highest BCUT2D eigenvalue weighted by Gasteiger charge is 2.25. The van der Waals surface area contributed by atoms with Gasteiger partial charge in [-0.25, -0.2) is 9.07 Å². The van der Waals surface area contributed by atoms with Crippen molar-refractivity contribution in [1.29, 1.82) is 0 Å². The molecule has 1 N–H and O–H groups in total. The van der Waals surface area contributed by atoms with E-state index in [1.54, 1.807) is 48.1 Å². The molecule has 27 heavy (non-hydrogen) atoms. The molecular weight excluding hydrogens is 343 g/mol. The molecule has 1 aromatic heterocycles. The summed E-state index contributed by atoms with van der Waals surface area (Å²) in [7, 11) is 3.53. The quantitative estimate of drug-likeness (QED) is 0.699. The molecule has 140 valence electrons. The Balaban J connectivity index is 1.60. The maximum absolute atomic E-state index is 14.1. The van der Waals surface area contributed by atoms with Crippen molar-refractivity contribution in [2.75, 3.05) is 20.6 Å². The van der Waals surface area contributed by atoms with Gasteiger partial charge in [0.15, 0.2) is 0 Å². The fourth-order valence-electron chi connectivity index (χ4n) is 2.99. The zero-order valence-corrected chi connectivity index (χ0v) is 15.5. The summed E-state index contributed by atoms with van der Waals surface area (Å²) in [5, 5.41) is 7.26. The first-order valence-electron chi connectivity index (χ1n) is 8.84. The van der Waals surface area contributed by atoms with Crippen molar-refractivity contribution in [3.05, 3.63) is 83.9 Å². The Hall–Kier alpha value is -2.99. The lowest BCUT2D eigenvalue weighted by atomic mass is 10.0. The fraction of sp³-hybridized carbons (Fsp3) is 0.238. The third-order valence-electron chi connectivity index (χ3n) is 4.33. The summed E-state index contributed by atoms with van der Waals surface area (Å²) < 4.78 is 15.9. The Morgan fingerprint density at radius 1 is 1.15 bits per heavy atom. The highest BCUT2D eigenvalue weighted by Crippen LogP contribution is 2.21. The number of hydrogen-bond donors (Lipinski definition) is 1. The number of para-hydroxylation sites is 1. The predicted molar refractivity (Wildman–Crippen MR) is 103 cm³/mol. The highest BCUT2D eigenvalue weighted by molar-refractivity contribution is 5.83. The zero-order valence-electron chi connectivity index (χ0n) is 15.5. The number of carbonyl (C=O) groups excluding carboxylic acids is 1. The van der Waals surface area contributed by atoms with Crippen molar-refractivity contribution < 1.29 is 9.18 Å². The largest absolute Gasteiger partial charge is 0.354 e. The molecule has 0 aliphatic rings. The van der Waals surface area contributed by atoms with E-state index < -0.39 is 6.04 Å². The Morgan fingerprint density at radius 3 is 2.56 bits per heavy atom. The molecule has 0 aliphatic carbocycles. The maximum atomic E-state index is 14.1. The highest BCUT2D eigenvalue weighted by atomic mass is 19.1. The number of carbonyl (C=O) groups is 1. The SMILES string of the molecule is CN(C)[C@@H](C(=O)NCCc1cnn(-c2ccccc2)c1)c1ccccc1F. The molecule has 1 atom stereocenters. The van der Waals surface area contributed by atoms with Crippen molar-refractivity contribution in [1.82, 2.24) is 20.0 Å². The number of hydrogen-bond acceptors (Lipinski definition) is 3. The van der Waals surface area contributed by atoms with Crippen LogP contribution in [-0.4, -0.2) is 41.2 Å². The molecule has 5 nitrogen and oxygen atoms in total. The van der Waals surface area contributed by atoms with Crippen molar-refractivity contribution >= 4 is 5.91 Å². The first kappa shape index (κ1) is 18.8. The van der Waals surface area contributed by atoms with Crippen LogP contribution in [0.5, 0.6) is 0 Å². The van der Waals surface area contributed by atoms with Gasteiger partial charge in [-0.15, -0.1) is 0 Å². The Morgan fingerprint density at radius 2 is 1.85 bits per heavy atom. The van der Waals surface area contributed by atoms with Crippen LogP contribution < -0.4 is 5.32 Å². The molecule has 6 heteroatoms. The van der Waals surface area contributed by atoms with Crippen LogP contribution in [0.25, 0.3) is 5.69 Å². The number of benzene rings is 2. The van der Waals surface area contributed by atoms with E-state index in [1.807, 2.05) is 36.5 Å². The van der Waals surface area contributed by atoms with Gasteiger partial charge in [0.25, 0.3) is 0 Å². The number of halogens is 1. The normalized spacial score (nSPS) is 12.1. The average Bonchev–Trinajstić information content (AvgIpc) is 3.13. The van der Waals surface area contributed by atoms with E-state index in [4.69, 9.17) is 0 Å². The molecule has 0 saturated carbocycles. The number of aromatic nitrogens is 2. The van der Waals surface area contributed by atoms with E-state index in [0.29, 0.717) is 18.5 Å². The average molecular weight is 366 g/mol. The summed E-state index contributed by atoms with van der Waals surface area (Å²) in [4.78, 5) is 14.3. The Labute approximate surface area is 158 Å². The lowest BCUT2D eigenvalue weighted by Crippen LogP contribution is -2.38. The molecule has 0 aliphatic heterocycles. The van der Waals surface area contributed by atoms with E-state index in [0.717, 1.165) is 11.3 Å². The Kier molecular flexibility index (Phi) is 5.98. The number of amides is 1. The van der Waals surface area contributed by atoms with Crippen LogP contribution in [0.15, 0.2) is 67.0 Å². The van der Waals surface area contributed by atoms with Crippen molar-refractivity contribution in [2.45, 2.75) is 12.5 Å². The molecule has 3 rings (SSSR count). The van der Waals surface area contributed by atoms with Crippen LogP contribution in [0, 0.1) is 5.82 Å². The van der Waals surface area contributed by atoms with Crippen LogP contribution in [0.3, 0.4) is 0 Å². The summed E-state index contributed by atoms with van der Waals surface area (Å²) in [6.07, 6.45) is 4.39. The van der Waals surface area contributed by atoms with Gasteiger partial charge in [-0.3, -0.25) is 9.69 Å². The van der Waals surface area contributed by atoms with Gasteiger partial charge in [-0.05, 0) is 44.3 Å². The summed E-state index contributed by atoms with van der Waals surface area (Å²) in [6, 6.07) is 15.5. The molecule has 1 heterocycles. The topological polar surface area (TPSA) is 50.2 Å². The molecule has 0 unspecified atom stereocenters. The van der Waals surface area contributed by atoms with Crippen molar-refractivity contribution in [3.8, 4) is 5.69 Å². The minimum atomic E-state index is -0.668. The second-order valence-corrected chi connectivity index (χ2v) is 6.56. The third kappa shape index (κ3) is 4.60. The second kappa shape index (κ2) is 8.60. The molecule has 0 fully saturated rings. The number of rotatable bonds is 7. The molecule has 3 aromatic rings. The van der Waals surface area contributed by atoms with E-state index in [1.165, 1.54) is 6.07 Å². The molecule has 1 amide bonds. The van der Waals surface area contributed by atoms with E-state index in [9.17, 15) is 9.18 Å². The van der Waals surface area contributed by atoms with Gasteiger partial charge < -0.3 is 5.32 Å². The third-order valence-corrected chi connectivity index (χ3v) is 4.33. The second-order valence-electron chi connectivity index (χ2n) is 6.56. The minimum Gasteiger partial charge on any atom is -0.354 e. The summed E-state index contributed by atoms with van der Waals surface area (Å²) >= 11 is 0. The van der Waals surface area contributed by atoms with Gasteiger partial charge in [0.2, 0.25) is 5.91 Å². The molecular formula is C21H23FN4O. The van der Waals surface area contributed by atoms with Crippen LogP contribution in [0.2, 0.25) is 0 Å². The van der Waals surface area contributed by atoms with Crippen LogP contribution in [0.4, 0.5) is 4.39 Å². The zero-order chi connectivity index (χ0) is 19.2. The summed E-state index contributed by atoms with van der Waals surface area (Å²) in [5.41, 5.74) is 2.38. The molecule has 0 spiro atoms. The lowest BCUT2D eigenvalue weighted by Gasteiger charge is -2.24. The van der Waals surface area contributed by atoms with Gasteiger partial charge in [0.1, 0.15) is 11.9 Å². The first-order chi connectivity index (χ1) is 13.1. The van der Waals surface area contributed by atoms with E-state index >= 15 is 0 Å². The fourth-order valence-corrected chi connectivity index (χ4v) is 2.99. The van der Waals surface area contributed by atoms with Gasteiger partial charge in [-0.2, -0.15) is 5.10 Å². The smallest absolute Gasteiger partial charge is 0.242 e. The standard InChI is InChI=1S/C21H23FN4O/c1-25(2)20(18-10-6-7-11-19(18)22)21(27)23-13-12-16-14-24-26(15-16)17-8-4-3-5-9-17/h3-11,14-15,20H,12-13H2,1-2H3,(H,23,27)/t20-/m1/s1. The number of likely N-dealkylation sites (N-methyl/N-ethyl adjacent to an activating group) is 1. The number of nitrogens with zero attached hydrogens (tertiary/aromatic N) is 3. The maximum Gasteiger partial charge on any atom is 0.242 e. The lowest BCUT2D eigenvalue weighted by molar-refractivity contribution is -0.125. The summed E-state index contributed by atoms with van der Waals surface area (Å²) in [6.45, 7) is 0.456. The van der Waals surface area contributed by atoms with Crippen LogP contribution >= 0.6 is 0 Å². The summed E-state index contributed by atoms with van der Waals surface area (Å²) in [5.74, 6) is -0.601. The van der Waals surface area contributed by atoms with Crippen LogP contribution in [0.1, 0.15) is 17.2 Å². The molecule has 0 saturated heterocycles. The van der Waals surface area contributed by atoms with Crippen molar-refractivity contribution in [2.24, 2.45) is 0 Å². The van der Waals surface area contributed by atoms with Gasteiger partial charge in [-0.1, -0.05) is 36.4 Å². The van der Waals surface area contributed by atoms with Crippen LogP contribution in [-0.2, 0) is 11.2 Å². The van der Waals surface area contributed by atoms with Crippen molar-refractivity contribution in [3.63, 3.8) is 0 Å². The van der Waals surface area contributed by atoms with E-state index in [2.05, 4.69) is 10.4 Å².